The van der Waals surface area contributed by atoms with E-state index in [2.05, 4.69) is 41.3 Å². The van der Waals surface area contributed by atoms with Crippen LogP contribution in [-0.2, 0) is 13.1 Å². The average Bonchev–Trinajstić information content (AvgIpc) is 2.73. The van der Waals surface area contributed by atoms with Crippen LogP contribution >= 0.6 is 0 Å². The monoisotopic (exact) mass is 387 g/mol. The standard InChI is InChI=1S/C16H21N5O.C4H10.C2H6/c1-12(2)18-11-14-9-15(22)21(17-3)16(20-14)19-10-13-7-5-4-6-8-13;1-3-4-2;1-2/h4-9,12,18H,3,10-11H2,1-2H3,(H,19,20);3-4H2,1-2H3;1-2H3. The van der Waals surface area contributed by atoms with Crippen molar-refractivity contribution in [2.75, 3.05) is 5.32 Å². The molecule has 0 spiro atoms. The molecule has 0 amide bonds. The lowest BCUT2D eigenvalue weighted by atomic mass is 10.2. The fourth-order valence-electron chi connectivity index (χ4n) is 1.95. The third kappa shape index (κ3) is 10.0. The predicted octanol–water partition coefficient (Wildman–Crippen LogP) is 4.65. The number of rotatable bonds is 8. The molecular formula is C22H37N5O. The van der Waals surface area contributed by atoms with Crippen molar-refractivity contribution in [1.82, 2.24) is 15.0 Å². The Morgan fingerprint density at radius 2 is 1.71 bits per heavy atom. The molecule has 156 valence electrons. The van der Waals surface area contributed by atoms with E-state index in [0.717, 1.165) is 5.56 Å². The highest BCUT2D eigenvalue weighted by atomic mass is 16.1. The van der Waals surface area contributed by atoms with Crippen LogP contribution in [0.4, 0.5) is 5.95 Å². The molecule has 6 nitrogen and oxygen atoms in total. The minimum Gasteiger partial charge on any atom is -0.350 e. The van der Waals surface area contributed by atoms with Crippen LogP contribution in [-0.4, -0.2) is 22.4 Å². The maximum atomic E-state index is 12.1. The first kappa shape index (κ1) is 25.5. The van der Waals surface area contributed by atoms with Crippen LogP contribution in [0.2, 0.25) is 0 Å². The quantitative estimate of drug-likeness (QED) is 0.647. The van der Waals surface area contributed by atoms with E-state index in [9.17, 15) is 4.79 Å². The molecule has 0 radical (unpaired) electrons. The summed E-state index contributed by atoms with van der Waals surface area (Å²) in [5.74, 6) is 0.395. The van der Waals surface area contributed by atoms with Crippen LogP contribution in [0.1, 0.15) is 65.6 Å². The van der Waals surface area contributed by atoms with E-state index in [0.29, 0.717) is 30.8 Å². The zero-order valence-electron chi connectivity index (χ0n) is 18.3. The number of unbranched alkanes of at least 4 members (excludes halogenated alkanes) is 1. The van der Waals surface area contributed by atoms with Crippen LogP contribution in [0.5, 0.6) is 0 Å². The summed E-state index contributed by atoms with van der Waals surface area (Å²) in [5, 5.41) is 10.1. The van der Waals surface area contributed by atoms with Gasteiger partial charge in [0.25, 0.3) is 5.56 Å². The lowest BCUT2D eigenvalue weighted by Crippen LogP contribution is -2.27. The lowest BCUT2D eigenvalue weighted by Gasteiger charge is -2.12. The average molecular weight is 388 g/mol. The molecular weight excluding hydrogens is 350 g/mol. The third-order valence-electron chi connectivity index (χ3n) is 3.58. The second-order valence-electron chi connectivity index (χ2n) is 6.24. The molecule has 1 aromatic heterocycles. The van der Waals surface area contributed by atoms with E-state index in [1.165, 1.54) is 23.6 Å². The summed E-state index contributed by atoms with van der Waals surface area (Å²) in [5.41, 5.74) is 1.52. The minimum atomic E-state index is -0.249. The molecule has 2 N–H and O–H groups in total. The molecule has 0 aliphatic heterocycles. The van der Waals surface area contributed by atoms with Crippen molar-refractivity contribution < 1.29 is 0 Å². The van der Waals surface area contributed by atoms with Gasteiger partial charge < -0.3 is 10.6 Å². The van der Waals surface area contributed by atoms with Crippen LogP contribution in [0.25, 0.3) is 0 Å². The van der Waals surface area contributed by atoms with Crippen molar-refractivity contribution >= 4 is 12.7 Å². The summed E-state index contributed by atoms with van der Waals surface area (Å²) in [6, 6.07) is 11.7. The van der Waals surface area contributed by atoms with E-state index in [-0.39, 0.29) is 5.56 Å². The Labute approximate surface area is 170 Å². The molecule has 0 saturated heterocycles. The van der Waals surface area contributed by atoms with Gasteiger partial charge in [0.2, 0.25) is 5.95 Å². The van der Waals surface area contributed by atoms with Crippen molar-refractivity contribution in [2.45, 2.75) is 73.5 Å². The topological polar surface area (TPSA) is 71.3 Å². The zero-order valence-corrected chi connectivity index (χ0v) is 18.3. The Balaban J connectivity index is 0.00000108. The summed E-state index contributed by atoms with van der Waals surface area (Å²) >= 11 is 0. The highest BCUT2D eigenvalue weighted by Crippen LogP contribution is 2.06. The maximum absolute atomic E-state index is 12.1. The van der Waals surface area contributed by atoms with E-state index in [4.69, 9.17) is 0 Å². The van der Waals surface area contributed by atoms with Crippen molar-refractivity contribution in [2.24, 2.45) is 5.10 Å². The van der Waals surface area contributed by atoms with Crippen LogP contribution in [0, 0.1) is 0 Å². The van der Waals surface area contributed by atoms with Gasteiger partial charge in [0.15, 0.2) is 0 Å². The Morgan fingerprint density at radius 3 is 2.21 bits per heavy atom. The van der Waals surface area contributed by atoms with E-state index in [1.54, 1.807) is 0 Å². The summed E-state index contributed by atoms with van der Waals surface area (Å²) < 4.78 is 1.17. The molecule has 0 aliphatic rings. The summed E-state index contributed by atoms with van der Waals surface area (Å²) in [4.78, 5) is 16.5. The van der Waals surface area contributed by atoms with Gasteiger partial charge in [0, 0.05) is 31.9 Å². The van der Waals surface area contributed by atoms with Crippen LogP contribution in [0.15, 0.2) is 46.3 Å². The molecule has 0 fully saturated rings. The Morgan fingerprint density at radius 1 is 1.11 bits per heavy atom. The lowest BCUT2D eigenvalue weighted by molar-refractivity contribution is 0.578. The normalized spacial score (nSPS) is 9.68. The number of anilines is 1. The first-order valence-electron chi connectivity index (χ1n) is 10.1. The smallest absolute Gasteiger partial charge is 0.275 e. The molecule has 0 bridgehead atoms. The molecule has 28 heavy (non-hydrogen) atoms. The van der Waals surface area contributed by atoms with Crippen molar-refractivity contribution in [3.8, 4) is 0 Å². The Hall–Kier alpha value is -2.47. The first-order chi connectivity index (χ1) is 13.5. The van der Waals surface area contributed by atoms with Gasteiger partial charge in [-0.1, -0.05) is 84.7 Å². The molecule has 6 heteroatoms. The van der Waals surface area contributed by atoms with Crippen LogP contribution < -0.4 is 16.2 Å². The molecule has 0 unspecified atom stereocenters. The highest BCUT2D eigenvalue weighted by molar-refractivity contribution is 5.33. The van der Waals surface area contributed by atoms with Crippen molar-refractivity contribution in [3.05, 3.63) is 58.0 Å². The fourth-order valence-corrected chi connectivity index (χ4v) is 1.95. The maximum Gasteiger partial charge on any atom is 0.275 e. The van der Waals surface area contributed by atoms with Gasteiger partial charge in [-0.3, -0.25) is 4.79 Å². The third-order valence-corrected chi connectivity index (χ3v) is 3.58. The van der Waals surface area contributed by atoms with Gasteiger partial charge in [-0.2, -0.15) is 9.78 Å². The zero-order chi connectivity index (χ0) is 21.4. The van der Waals surface area contributed by atoms with Gasteiger partial charge in [0.05, 0.1) is 5.69 Å². The molecule has 2 aromatic rings. The van der Waals surface area contributed by atoms with E-state index in [1.807, 2.05) is 58.0 Å². The van der Waals surface area contributed by atoms with Crippen molar-refractivity contribution in [1.29, 1.82) is 0 Å². The first-order valence-corrected chi connectivity index (χ1v) is 10.1. The number of aromatic nitrogens is 2. The molecule has 1 aromatic carbocycles. The Bertz CT molecular complexity index is 709. The van der Waals surface area contributed by atoms with Crippen molar-refractivity contribution in [3.63, 3.8) is 0 Å². The van der Waals surface area contributed by atoms with Gasteiger partial charge in [-0.15, -0.1) is 0 Å². The fraction of sp³-hybridized carbons (Fsp3) is 0.500. The van der Waals surface area contributed by atoms with Gasteiger partial charge in [0.1, 0.15) is 0 Å². The van der Waals surface area contributed by atoms with Gasteiger partial charge in [-0.05, 0) is 5.56 Å². The molecule has 0 saturated carbocycles. The predicted molar refractivity (Wildman–Crippen MR) is 121 cm³/mol. The summed E-state index contributed by atoms with van der Waals surface area (Å²) in [6.45, 7) is 17.0. The summed E-state index contributed by atoms with van der Waals surface area (Å²) in [7, 11) is 0. The number of nitrogens with zero attached hydrogens (tertiary/aromatic N) is 3. The van der Waals surface area contributed by atoms with Gasteiger partial charge >= 0.3 is 0 Å². The molecule has 0 aliphatic carbocycles. The van der Waals surface area contributed by atoms with Gasteiger partial charge in [-0.25, -0.2) is 4.98 Å². The highest BCUT2D eigenvalue weighted by Gasteiger charge is 2.08. The SMILES string of the molecule is C=Nn1c(NCc2ccccc2)nc(CNC(C)C)cc1=O.CC.CCCC. The number of benzene rings is 1. The van der Waals surface area contributed by atoms with E-state index >= 15 is 0 Å². The van der Waals surface area contributed by atoms with E-state index < -0.39 is 0 Å². The molecule has 1 heterocycles. The number of hydrogen-bond acceptors (Lipinski definition) is 5. The second kappa shape index (κ2) is 15.6. The minimum absolute atomic E-state index is 0.249. The molecule has 0 atom stereocenters. The largest absolute Gasteiger partial charge is 0.350 e. The van der Waals surface area contributed by atoms with Crippen LogP contribution in [0.3, 0.4) is 0 Å². The number of nitrogens with one attached hydrogen (secondary N) is 2. The second-order valence-corrected chi connectivity index (χ2v) is 6.24. The summed E-state index contributed by atoms with van der Waals surface area (Å²) in [6.07, 6.45) is 2.64. The number of hydrogen-bond donors (Lipinski definition) is 2. The molecule has 2 rings (SSSR count). The Kier molecular flexibility index (Phi) is 14.2.